The SMILES string of the molecule is C=C[SiH2]c1ccccc1.C=Cc1ccc([SiH2]C(OC)OC)cc1. The molecule has 0 aromatic heterocycles. The topological polar surface area (TPSA) is 18.5 Å². The lowest BCUT2D eigenvalue weighted by atomic mass is 10.2. The van der Waals surface area contributed by atoms with Crippen molar-refractivity contribution >= 4 is 35.5 Å². The maximum Gasteiger partial charge on any atom is 0.139 e. The van der Waals surface area contributed by atoms with Gasteiger partial charge < -0.3 is 9.47 Å². The van der Waals surface area contributed by atoms with Gasteiger partial charge in [0.1, 0.15) is 15.4 Å². The molecule has 0 bridgehead atoms. The summed E-state index contributed by atoms with van der Waals surface area (Å²) < 4.78 is 10.4. The van der Waals surface area contributed by atoms with E-state index < -0.39 is 9.52 Å². The summed E-state index contributed by atoms with van der Waals surface area (Å²) in [5, 5.41) is 2.80. The molecule has 0 fully saturated rings. The van der Waals surface area contributed by atoms with E-state index in [-0.39, 0.29) is 15.4 Å². The number of methoxy groups -OCH3 is 2. The summed E-state index contributed by atoms with van der Waals surface area (Å²) in [7, 11) is 2.72. The first-order valence-corrected chi connectivity index (χ1v) is 10.7. The van der Waals surface area contributed by atoms with Crippen LogP contribution in [0.1, 0.15) is 5.56 Å². The summed E-state index contributed by atoms with van der Waals surface area (Å²) in [5.41, 5.74) is 3.20. The lowest BCUT2D eigenvalue weighted by Crippen LogP contribution is -2.30. The summed E-state index contributed by atoms with van der Waals surface area (Å²) >= 11 is 0. The fraction of sp³-hybridized carbons (Fsp3) is 0.158. The number of benzene rings is 2. The van der Waals surface area contributed by atoms with Crippen LogP contribution >= 0.6 is 0 Å². The lowest BCUT2D eigenvalue weighted by molar-refractivity contribution is -0.0429. The lowest BCUT2D eigenvalue weighted by Gasteiger charge is -2.12. The van der Waals surface area contributed by atoms with Crippen LogP contribution in [0.4, 0.5) is 0 Å². The van der Waals surface area contributed by atoms with E-state index in [1.54, 1.807) is 14.2 Å². The second-order valence-corrected chi connectivity index (χ2v) is 8.72. The summed E-state index contributed by atoms with van der Waals surface area (Å²) in [4.78, 5) is 0. The molecule has 0 radical (unpaired) electrons. The molecule has 2 aromatic rings. The normalized spacial score (nSPS) is 10.9. The largest absolute Gasteiger partial charge is 0.360 e. The summed E-state index contributed by atoms with van der Waals surface area (Å²) in [5.74, 6) is -0.0235. The molecule has 0 atom stereocenters. The molecule has 122 valence electrons. The van der Waals surface area contributed by atoms with Gasteiger partial charge in [0.05, 0.1) is 9.52 Å². The molecular weight excluding hydrogens is 316 g/mol. The van der Waals surface area contributed by atoms with Gasteiger partial charge in [0, 0.05) is 14.2 Å². The van der Waals surface area contributed by atoms with Crippen molar-refractivity contribution in [2.24, 2.45) is 0 Å². The monoisotopic (exact) mass is 342 g/mol. The number of hydrogen-bond acceptors (Lipinski definition) is 2. The Morgan fingerprint density at radius 2 is 1.48 bits per heavy atom. The molecule has 0 aliphatic heterocycles. The van der Waals surface area contributed by atoms with Crippen LogP contribution in [0, 0.1) is 0 Å². The minimum absolute atomic E-state index is 0.0235. The molecule has 0 aliphatic carbocycles. The number of ether oxygens (including phenoxy) is 2. The molecule has 4 heteroatoms. The Bertz CT molecular complexity index is 564. The van der Waals surface area contributed by atoms with Crippen LogP contribution in [0.2, 0.25) is 0 Å². The molecule has 0 unspecified atom stereocenters. The molecule has 0 saturated carbocycles. The van der Waals surface area contributed by atoms with Crippen LogP contribution < -0.4 is 10.4 Å². The highest BCUT2D eigenvalue weighted by Gasteiger charge is 2.06. The first kappa shape index (κ1) is 19.3. The van der Waals surface area contributed by atoms with Crippen molar-refractivity contribution in [2.75, 3.05) is 14.2 Å². The molecular formula is C19H26O2Si2. The molecule has 0 saturated heterocycles. The maximum atomic E-state index is 5.18. The van der Waals surface area contributed by atoms with E-state index in [0.29, 0.717) is 0 Å². The van der Waals surface area contributed by atoms with Gasteiger partial charge in [0.25, 0.3) is 0 Å². The van der Waals surface area contributed by atoms with Gasteiger partial charge >= 0.3 is 0 Å². The zero-order chi connectivity index (χ0) is 16.9. The predicted molar refractivity (Wildman–Crippen MR) is 107 cm³/mol. The van der Waals surface area contributed by atoms with E-state index in [1.807, 2.05) is 12.1 Å². The Morgan fingerprint density at radius 3 is 1.96 bits per heavy atom. The fourth-order valence-electron chi connectivity index (χ4n) is 2.03. The van der Waals surface area contributed by atoms with Gasteiger partial charge in [-0.1, -0.05) is 77.6 Å². The van der Waals surface area contributed by atoms with Crippen LogP contribution in [0.5, 0.6) is 0 Å². The highest BCUT2D eigenvalue weighted by molar-refractivity contribution is 6.58. The molecule has 2 rings (SSSR count). The third-order valence-electron chi connectivity index (χ3n) is 3.37. The third kappa shape index (κ3) is 7.90. The van der Waals surface area contributed by atoms with Crippen LogP contribution in [0.25, 0.3) is 6.08 Å². The highest BCUT2D eigenvalue weighted by Crippen LogP contribution is 1.98. The van der Waals surface area contributed by atoms with Crippen LogP contribution in [0.3, 0.4) is 0 Å². The molecule has 0 N–H and O–H groups in total. The Labute approximate surface area is 144 Å². The quantitative estimate of drug-likeness (QED) is 0.558. The molecule has 23 heavy (non-hydrogen) atoms. The summed E-state index contributed by atoms with van der Waals surface area (Å²) in [6.45, 7) is 7.43. The van der Waals surface area contributed by atoms with Crippen molar-refractivity contribution in [3.8, 4) is 0 Å². The Kier molecular flexibility index (Phi) is 9.90. The van der Waals surface area contributed by atoms with E-state index in [2.05, 4.69) is 67.4 Å². The molecule has 0 aliphatic rings. The first-order chi connectivity index (χ1) is 11.2. The van der Waals surface area contributed by atoms with Crippen LogP contribution in [0.15, 0.2) is 73.5 Å². The Morgan fingerprint density at radius 1 is 0.870 bits per heavy atom. The fourth-order valence-corrected chi connectivity index (χ4v) is 4.13. The van der Waals surface area contributed by atoms with Gasteiger partial charge in [-0.15, -0.1) is 12.3 Å². The number of hydrogen-bond donors (Lipinski definition) is 0. The van der Waals surface area contributed by atoms with E-state index >= 15 is 0 Å². The average Bonchev–Trinajstić information content (AvgIpc) is 2.62. The van der Waals surface area contributed by atoms with Gasteiger partial charge in [0.15, 0.2) is 0 Å². The maximum absolute atomic E-state index is 5.18. The Balaban J connectivity index is 0.000000253. The van der Waals surface area contributed by atoms with Crippen molar-refractivity contribution in [1.29, 1.82) is 0 Å². The molecule has 0 spiro atoms. The van der Waals surface area contributed by atoms with Gasteiger partial charge in [0.2, 0.25) is 0 Å². The molecule has 2 nitrogen and oxygen atoms in total. The Hall–Kier alpha value is -1.73. The van der Waals surface area contributed by atoms with Crippen LogP contribution in [-0.2, 0) is 9.47 Å². The van der Waals surface area contributed by atoms with Crippen molar-refractivity contribution in [3.63, 3.8) is 0 Å². The second-order valence-electron chi connectivity index (χ2n) is 5.03. The molecule has 0 heterocycles. The van der Waals surface area contributed by atoms with Crippen molar-refractivity contribution < 1.29 is 9.47 Å². The summed E-state index contributed by atoms with van der Waals surface area (Å²) in [6, 6.07) is 18.9. The zero-order valence-corrected chi connectivity index (χ0v) is 16.9. The van der Waals surface area contributed by atoms with E-state index in [4.69, 9.17) is 9.47 Å². The molecule has 2 aromatic carbocycles. The van der Waals surface area contributed by atoms with Crippen molar-refractivity contribution in [3.05, 3.63) is 79.0 Å². The van der Waals surface area contributed by atoms with Gasteiger partial charge in [-0.3, -0.25) is 0 Å². The van der Waals surface area contributed by atoms with Crippen LogP contribution in [-0.4, -0.2) is 39.2 Å². The molecule has 0 amide bonds. The van der Waals surface area contributed by atoms with Gasteiger partial charge in [-0.05, 0) is 5.56 Å². The van der Waals surface area contributed by atoms with Gasteiger partial charge in [-0.25, -0.2) is 0 Å². The highest BCUT2D eigenvalue weighted by atomic mass is 28.2. The van der Waals surface area contributed by atoms with Gasteiger partial charge in [-0.2, -0.15) is 0 Å². The standard InChI is InChI=1S/C11H16O2Si.C8H10Si/c1-4-9-5-7-10(8-6-9)14-11(12-2)13-3;1-2-9-8-6-4-3-5-7-8/h4-8,11H,1,14H2,2-3H3;2-7H,1,9H2. The van der Waals surface area contributed by atoms with E-state index in [9.17, 15) is 0 Å². The smallest absolute Gasteiger partial charge is 0.139 e. The summed E-state index contributed by atoms with van der Waals surface area (Å²) in [6.07, 6.45) is 1.84. The average molecular weight is 343 g/mol. The minimum Gasteiger partial charge on any atom is -0.360 e. The van der Waals surface area contributed by atoms with E-state index in [1.165, 1.54) is 10.4 Å². The third-order valence-corrected chi connectivity index (χ3v) is 6.54. The van der Waals surface area contributed by atoms with Crippen molar-refractivity contribution in [2.45, 2.75) is 5.91 Å². The van der Waals surface area contributed by atoms with E-state index in [0.717, 1.165) is 5.56 Å². The van der Waals surface area contributed by atoms with Crippen molar-refractivity contribution in [1.82, 2.24) is 0 Å². The predicted octanol–water partition coefficient (Wildman–Crippen LogP) is 1.32. The zero-order valence-electron chi connectivity index (χ0n) is 14.1. The first-order valence-electron chi connectivity index (χ1n) is 7.65. The second kappa shape index (κ2) is 11.8. The number of rotatable bonds is 7. The minimum atomic E-state index is -0.500.